The Kier molecular flexibility index (Phi) is 6.03. The predicted octanol–water partition coefficient (Wildman–Crippen LogP) is 1.78. The van der Waals surface area contributed by atoms with Crippen molar-refractivity contribution in [1.82, 2.24) is 0 Å². The fraction of sp³-hybridized carbons (Fsp3) is 1.00. The van der Waals surface area contributed by atoms with E-state index in [0.29, 0.717) is 13.2 Å². The van der Waals surface area contributed by atoms with Gasteiger partial charge in [0, 0.05) is 17.3 Å². The van der Waals surface area contributed by atoms with Crippen LogP contribution in [-0.4, -0.2) is 40.1 Å². The molecule has 0 amide bonds. The summed E-state index contributed by atoms with van der Waals surface area (Å²) in [6, 6.07) is 0. The normalized spacial score (nSPS) is 23.5. The smallest absolute Gasteiger partial charge is 0.232 e. The summed E-state index contributed by atoms with van der Waals surface area (Å²) < 4.78 is 32.7. The lowest BCUT2D eigenvalue weighted by Crippen LogP contribution is -2.21. The van der Waals surface area contributed by atoms with E-state index >= 15 is 0 Å². The Bertz CT molecular complexity index is 285. The fourth-order valence-electron chi connectivity index (χ4n) is 1.71. The van der Waals surface area contributed by atoms with Crippen molar-refractivity contribution in [3.05, 3.63) is 0 Å². The minimum atomic E-state index is -3.42. The van der Waals surface area contributed by atoms with Crippen LogP contribution in [0, 0.1) is 5.92 Å². The first-order valence-electron chi connectivity index (χ1n) is 5.63. The van der Waals surface area contributed by atoms with Gasteiger partial charge < -0.3 is 9.47 Å². The molecule has 1 aliphatic rings. The summed E-state index contributed by atoms with van der Waals surface area (Å²) >= 11 is 0. The lowest BCUT2D eigenvalue weighted by atomic mass is 10.1. The third-order valence-electron chi connectivity index (χ3n) is 2.69. The molecule has 0 bridgehead atoms. The third-order valence-corrected chi connectivity index (χ3v) is 3.94. The Morgan fingerprint density at radius 3 is 2.81 bits per heavy atom. The van der Waals surface area contributed by atoms with E-state index in [2.05, 4.69) is 0 Å². The number of hydrogen-bond acceptors (Lipinski definition) is 4. The van der Waals surface area contributed by atoms with Crippen LogP contribution in [0.4, 0.5) is 0 Å². The van der Waals surface area contributed by atoms with Crippen LogP contribution in [-0.2, 0) is 18.5 Å². The highest BCUT2D eigenvalue weighted by Crippen LogP contribution is 2.14. The maximum Gasteiger partial charge on any atom is 0.232 e. The van der Waals surface area contributed by atoms with Crippen LogP contribution in [0.5, 0.6) is 0 Å². The Morgan fingerprint density at radius 1 is 1.56 bits per heavy atom. The van der Waals surface area contributed by atoms with E-state index in [1.165, 1.54) is 0 Å². The number of ether oxygens (including phenoxy) is 2. The van der Waals surface area contributed by atoms with Gasteiger partial charge in [0.05, 0.1) is 25.1 Å². The minimum Gasteiger partial charge on any atom is -0.378 e. The van der Waals surface area contributed by atoms with Gasteiger partial charge >= 0.3 is 0 Å². The zero-order valence-corrected chi connectivity index (χ0v) is 11.1. The number of rotatable bonds is 7. The molecule has 1 aliphatic heterocycles. The van der Waals surface area contributed by atoms with Crippen LogP contribution in [0.3, 0.4) is 0 Å². The molecule has 6 heteroatoms. The molecule has 2 unspecified atom stereocenters. The van der Waals surface area contributed by atoms with Crippen molar-refractivity contribution in [2.75, 3.05) is 25.6 Å². The first-order valence-corrected chi connectivity index (χ1v) is 8.10. The largest absolute Gasteiger partial charge is 0.378 e. The second kappa shape index (κ2) is 6.79. The van der Waals surface area contributed by atoms with Gasteiger partial charge in [0.25, 0.3) is 0 Å². The molecule has 0 N–H and O–H groups in total. The average Bonchev–Trinajstić information content (AvgIpc) is 2.67. The molecule has 1 heterocycles. The minimum absolute atomic E-state index is 0.0173. The van der Waals surface area contributed by atoms with Gasteiger partial charge in [-0.25, -0.2) is 8.42 Å². The third kappa shape index (κ3) is 6.03. The summed E-state index contributed by atoms with van der Waals surface area (Å²) in [6.07, 6.45) is 3.05. The quantitative estimate of drug-likeness (QED) is 0.662. The average molecular weight is 271 g/mol. The van der Waals surface area contributed by atoms with E-state index in [9.17, 15) is 8.42 Å². The van der Waals surface area contributed by atoms with Crippen molar-refractivity contribution in [3.63, 3.8) is 0 Å². The molecule has 2 atom stereocenters. The predicted molar refractivity (Wildman–Crippen MR) is 63.2 cm³/mol. The lowest BCUT2D eigenvalue weighted by Gasteiger charge is -2.15. The van der Waals surface area contributed by atoms with Gasteiger partial charge in [-0.05, 0) is 18.8 Å². The van der Waals surface area contributed by atoms with E-state index in [1.54, 1.807) is 0 Å². The van der Waals surface area contributed by atoms with Crippen molar-refractivity contribution in [1.29, 1.82) is 0 Å². The molecule has 1 fully saturated rings. The fourth-order valence-corrected chi connectivity index (χ4v) is 3.14. The van der Waals surface area contributed by atoms with Gasteiger partial charge in [0.15, 0.2) is 0 Å². The van der Waals surface area contributed by atoms with Gasteiger partial charge in [0.2, 0.25) is 9.05 Å². The molecule has 0 radical (unpaired) electrons. The van der Waals surface area contributed by atoms with Crippen molar-refractivity contribution in [2.45, 2.75) is 32.3 Å². The van der Waals surface area contributed by atoms with Crippen LogP contribution >= 0.6 is 10.7 Å². The van der Waals surface area contributed by atoms with Gasteiger partial charge in [0.1, 0.15) is 0 Å². The highest BCUT2D eigenvalue weighted by atomic mass is 35.7. The summed E-state index contributed by atoms with van der Waals surface area (Å²) in [5.74, 6) is -0.0414. The van der Waals surface area contributed by atoms with E-state index in [4.69, 9.17) is 20.2 Å². The molecule has 0 aromatic heterocycles. The van der Waals surface area contributed by atoms with Crippen LogP contribution in [0.2, 0.25) is 0 Å². The summed E-state index contributed by atoms with van der Waals surface area (Å²) in [6.45, 7) is 3.73. The zero-order valence-electron chi connectivity index (χ0n) is 9.52. The van der Waals surface area contributed by atoms with Crippen molar-refractivity contribution >= 4 is 19.7 Å². The number of hydrogen-bond donors (Lipinski definition) is 0. The summed E-state index contributed by atoms with van der Waals surface area (Å²) in [5.41, 5.74) is 0. The van der Waals surface area contributed by atoms with Gasteiger partial charge in [-0.15, -0.1) is 0 Å². The van der Waals surface area contributed by atoms with E-state index in [-0.39, 0.29) is 17.8 Å². The molecule has 4 nitrogen and oxygen atoms in total. The Labute approximate surface area is 102 Å². The molecule has 0 aromatic rings. The molecule has 0 saturated carbocycles. The molecule has 0 aromatic carbocycles. The van der Waals surface area contributed by atoms with Crippen LogP contribution < -0.4 is 0 Å². The lowest BCUT2D eigenvalue weighted by molar-refractivity contribution is 0.00713. The maximum atomic E-state index is 10.9. The maximum absolute atomic E-state index is 10.9. The topological polar surface area (TPSA) is 52.6 Å². The Hall–Kier alpha value is 0.160. The first-order chi connectivity index (χ1) is 7.51. The molecule has 0 aliphatic carbocycles. The van der Waals surface area contributed by atoms with E-state index in [0.717, 1.165) is 25.9 Å². The standard InChI is InChI=1S/C10H19ClO4S/c1-2-9(8-16(11,12)13)6-14-7-10-4-3-5-15-10/h9-10H,2-8H2,1H3. The molecule has 1 rings (SSSR count). The van der Waals surface area contributed by atoms with Crippen molar-refractivity contribution in [3.8, 4) is 0 Å². The molecule has 0 spiro atoms. The molecular formula is C10H19ClO4S. The second-order valence-electron chi connectivity index (χ2n) is 4.15. The van der Waals surface area contributed by atoms with Crippen LogP contribution in [0.1, 0.15) is 26.2 Å². The highest BCUT2D eigenvalue weighted by Gasteiger charge is 2.18. The second-order valence-corrected chi connectivity index (χ2v) is 6.97. The first kappa shape index (κ1) is 14.2. The monoisotopic (exact) mass is 270 g/mol. The van der Waals surface area contributed by atoms with Gasteiger partial charge in [-0.1, -0.05) is 13.3 Å². The van der Waals surface area contributed by atoms with Gasteiger partial charge in [-0.2, -0.15) is 0 Å². The molecule has 96 valence electrons. The molecular weight excluding hydrogens is 252 g/mol. The number of halogens is 1. The van der Waals surface area contributed by atoms with E-state index < -0.39 is 9.05 Å². The van der Waals surface area contributed by atoms with Crippen LogP contribution in [0.15, 0.2) is 0 Å². The summed E-state index contributed by atoms with van der Waals surface area (Å²) in [5, 5.41) is 0. The Balaban J connectivity index is 2.18. The van der Waals surface area contributed by atoms with E-state index in [1.807, 2.05) is 6.92 Å². The van der Waals surface area contributed by atoms with Gasteiger partial charge in [-0.3, -0.25) is 0 Å². The molecule has 1 saturated heterocycles. The molecule has 16 heavy (non-hydrogen) atoms. The highest BCUT2D eigenvalue weighted by molar-refractivity contribution is 8.13. The van der Waals surface area contributed by atoms with Crippen molar-refractivity contribution < 1.29 is 17.9 Å². The SMILES string of the molecule is CCC(COCC1CCCO1)CS(=O)(=O)Cl. The summed E-state index contributed by atoms with van der Waals surface area (Å²) in [7, 11) is 1.78. The Morgan fingerprint density at radius 2 is 2.31 bits per heavy atom. The zero-order chi connectivity index (χ0) is 12.0. The van der Waals surface area contributed by atoms with Crippen molar-refractivity contribution in [2.24, 2.45) is 5.92 Å². The summed E-state index contributed by atoms with van der Waals surface area (Å²) in [4.78, 5) is 0. The van der Waals surface area contributed by atoms with Crippen LogP contribution in [0.25, 0.3) is 0 Å².